The minimum atomic E-state index is -3.74. The van der Waals surface area contributed by atoms with Gasteiger partial charge in [-0.05, 0) is 56.3 Å². The highest BCUT2D eigenvalue weighted by Crippen LogP contribution is 2.35. The summed E-state index contributed by atoms with van der Waals surface area (Å²) in [6.45, 7) is 4.56. The van der Waals surface area contributed by atoms with Gasteiger partial charge in [0.2, 0.25) is 21.8 Å². The smallest absolute Gasteiger partial charge is 0.255 e. The first-order chi connectivity index (χ1) is 13.5. The number of sulfonamides is 1. The summed E-state index contributed by atoms with van der Waals surface area (Å²) in [5, 5.41) is 5.34. The molecule has 1 saturated heterocycles. The summed E-state index contributed by atoms with van der Waals surface area (Å²) in [5.74, 6) is -1.39. The fraction of sp³-hybridized carbons (Fsp3) is 0.250. The van der Waals surface area contributed by atoms with Crippen molar-refractivity contribution in [3.8, 4) is 0 Å². The second-order valence-electron chi connectivity index (χ2n) is 7.47. The van der Waals surface area contributed by atoms with Crippen LogP contribution in [0.2, 0.25) is 0 Å². The van der Waals surface area contributed by atoms with Crippen LogP contribution in [0.5, 0.6) is 0 Å². The van der Waals surface area contributed by atoms with Crippen LogP contribution in [-0.4, -0.2) is 31.9 Å². The average molecular weight is 415 g/mol. The lowest BCUT2D eigenvalue weighted by Crippen LogP contribution is -2.32. The third-order valence-corrected chi connectivity index (χ3v) is 6.41. The van der Waals surface area contributed by atoms with Gasteiger partial charge < -0.3 is 10.6 Å². The maximum Gasteiger partial charge on any atom is 0.255 e. The number of nitrogens with one attached hydrogen (secondary N) is 2. The quantitative estimate of drug-likeness (QED) is 0.797. The molecule has 0 radical (unpaired) electrons. The lowest BCUT2D eigenvalue weighted by Gasteiger charge is -2.17. The van der Waals surface area contributed by atoms with E-state index in [4.69, 9.17) is 0 Å². The molecule has 3 amide bonds. The SMILES string of the molecule is CC(=O)Nc1cccc(NC(=O)c2ccc(N3C(=O)C(C)(C)CS3(=O)=O)cc2)c1. The number of carbonyl (C=O) groups excluding carboxylic acids is 3. The zero-order chi connectivity index (χ0) is 21.4. The minimum absolute atomic E-state index is 0.199. The molecular weight excluding hydrogens is 394 g/mol. The van der Waals surface area contributed by atoms with E-state index in [0.717, 1.165) is 4.31 Å². The molecule has 29 heavy (non-hydrogen) atoms. The molecule has 0 aliphatic carbocycles. The van der Waals surface area contributed by atoms with E-state index < -0.39 is 27.3 Å². The Hall–Kier alpha value is -3.20. The molecule has 1 aliphatic heterocycles. The Kier molecular flexibility index (Phi) is 5.18. The first-order valence-electron chi connectivity index (χ1n) is 8.86. The lowest BCUT2D eigenvalue weighted by molar-refractivity contribution is -0.123. The molecule has 0 aromatic heterocycles. The molecule has 2 aromatic carbocycles. The first kappa shape index (κ1) is 20.5. The van der Waals surface area contributed by atoms with Crippen LogP contribution >= 0.6 is 0 Å². The second kappa shape index (κ2) is 7.32. The Bertz CT molecular complexity index is 1090. The van der Waals surface area contributed by atoms with Gasteiger partial charge >= 0.3 is 0 Å². The lowest BCUT2D eigenvalue weighted by atomic mass is 9.95. The molecule has 1 aliphatic rings. The topological polar surface area (TPSA) is 113 Å². The van der Waals surface area contributed by atoms with Gasteiger partial charge in [0.05, 0.1) is 16.9 Å². The zero-order valence-electron chi connectivity index (χ0n) is 16.2. The van der Waals surface area contributed by atoms with Gasteiger partial charge in [0, 0.05) is 23.9 Å². The second-order valence-corrected chi connectivity index (χ2v) is 9.29. The highest BCUT2D eigenvalue weighted by atomic mass is 32.2. The molecule has 8 nitrogen and oxygen atoms in total. The van der Waals surface area contributed by atoms with Crippen molar-refractivity contribution in [1.29, 1.82) is 0 Å². The standard InChI is InChI=1S/C20H21N3O5S/c1-13(24)21-15-5-4-6-16(11-15)22-18(25)14-7-9-17(10-8-14)23-19(26)20(2,3)12-29(23,27)28/h4-11H,12H2,1-3H3,(H,21,24)(H,22,25). The molecule has 2 aromatic rings. The van der Waals surface area contributed by atoms with Crippen LogP contribution in [0.15, 0.2) is 48.5 Å². The van der Waals surface area contributed by atoms with Gasteiger partial charge in [0.1, 0.15) is 0 Å². The first-order valence-corrected chi connectivity index (χ1v) is 10.5. The van der Waals surface area contributed by atoms with Crippen LogP contribution in [-0.2, 0) is 19.6 Å². The Labute approximate surface area is 169 Å². The van der Waals surface area contributed by atoms with Gasteiger partial charge in [-0.3, -0.25) is 14.4 Å². The summed E-state index contributed by atoms with van der Waals surface area (Å²) in [6, 6.07) is 12.4. The summed E-state index contributed by atoms with van der Waals surface area (Å²) in [6.07, 6.45) is 0. The number of anilines is 3. The molecule has 0 saturated carbocycles. The third kappa shape index (κ3) is 4.29. The average Bonchev–Trinajstić information content (AvgIpc) is 2.77. The normalized spacial score (nSPS) is 17.1. The number of hydrogen-bond donors (Lipinski definition) is 2. The Morgan fingerprint density at radius 3 is 2.10 bits per heavy atom. The summed E-state index contributed by atoms with van der Waals surface area (Å²) >= 11 is 0. The van der Waals surface area contributed by atoms with Crippen LogP contribution < -0.4 is 14.9 Å². The molecule has 1 fully saturated rings. The molecule has 0 atom stereocenters. The Morgan fingerprint density at radius 2 is 1.59 bits per heavy atom. The molecular formula is C20H21N3O5S. The van der Waals surface area contributed by atoms with E-state index in [-0.39, 0.29) is 17.3 Å². The summed E-state index contributed by atoms with van der Waals surface area (Å²) < 4.78 is 25.5. The number of benzene rings is 2. The van der Waals surface area contributed by atoms with Crippen LogP contribution in [0, 0.1) is 5.41 Å². The fourth-order valence-corrected chi connectivity index (χ4v) is 5.20. The van der Waals surface area contributed by atoms with E-state index >= 15 is 0 Å². The van der Waals surface area contributed by atoms with E-state index in [2.05, 4.69) is 10.6 Å². The molecule has 2 N–H and O–H groups in total. The summed E-state index contributed by atoms with van der Waals surface area (Å²) in [4.78, 5) is 36.1. The molecule has 3 rings (SSSR count). The predicted molar refractivity (Wildman–Crippen MR) is 110 cm³/mol. The predicted octanol–water partition coefficient (Wildman–Crippen LogP) is 2.60. The van der Waals surface area contributed by atoms with E-state index in [0.29, 0.717) is 16.9 Å². The van der Waals surface area contributed by atoms with Gasteiger partial charge in [-0.2, -0.15) is 0 Å². The maximum absolute atomic E-state index is 12.5. The molecule has 0 bridgehead atoms. The largest absolute Gasteiger partial charge is 0.326 e. The molecule has 1 heterocycles. The van der Waals surface area contributed by atoms with Crippen molar-refractivity contribution in [2.45, 2.75) is 20.8 Å². The van der Waals surface area contributed by atoms with Crippen molar-refractivity contribution >= 4 is 44.8 Å². The molecule has 152 valence electrons. The minimum Gasteiger partial charge on any atom is -0.326 e. The number of carbonyl (C=O) groups is 3. The number of amides is 3. The van der Waals surface area contributed by atoms with E-state index in [1.165, 1.54) is 31.2 Å². The van der Waals surface area contributed by atoms with Crippen LogP contribution in [0.1, 0.15) is 31.1 Å². The van der Waals surface area contributed by atoms with Crippen LogP contribution in [0.3, 0.4) is 0 Å². The number of hydrogen-bond acceptors (Lipinski definition) is 5. The highest BCUT2D eigenvalue weighted by molar-refractivity contribution is 7.94. The van der Waals surface area contributed by atoms with Crippen molar-refractivity contribution in [1.82, 2.24) is 0 Å². The van der Waals surface area contributed by atoms with Crippen molar-refractivity contribution in [2.75, 3.05) is 20.7 Å². The monoisotopic (exact) mass is 415 g/mol. The van der Waals surface area contributed by atoms with Gasteiger partial charge in [0.25, 0.3) is 5.91 Å². The van der Waals surface area contributed by atoms with Crippen LogP contribution in [0.4, 0.5) is 17.1 Å². The highest BCUT2D eigenvalue weighted by Gasteiger charge is 2.49. The van der Waals surface area contributed by atoms with Crippen LogP contribution in [0.25, 0.3) is 0 Å². The fourth-order valence-electron chi connectivity index (χ4n) is 3.09. The zero-order valence-corrected chi connectivity index (χ0v) is 17.0. The number of rotatable bonds is 4. The maximum atomic E-state index is 12.5. The summed E-state index contributed by atoms with van der Waals surface area (Å²) in [5.41, 5.74) is 0.538. The van der Waals surface area contributed by atoms with Crippen molar-refractivity contribution in [3.05, 3.63) is 54.1 Å². The third-order valence-electron chi connectivity index (χ3n) is 4.39. The Morgan fingerprint density at radius 1 is 1.00 bits per heavy atom. The van der Waals surface area contributed by atoms with E-state index in [1.54, 1.807) is 38.1 Å². The molecule has 9 heteroatoms. The van der Waals surface area contributed by atoms with Gasteiger partial charge in [0.15, 0.2) is 0 Å². The van der Waals surface area contributed by atoms with E-state index in [9.17, 15) is 22.8 Å². The van der Waals surface area contributed by atoms with Gasteiger partial charge in [-0.1, -0.05) is 6.07 Å². The van der Waals surface area contributed by atoms with Crippen molar-refractivity contribution in [3.63, 3.8) is 0 Å². The molecule has 0 unspecified atom stereocenters. The van der Waals surface area contributed by atoms with Crippen molar-refractivity contribution in [2.24, 2.45) is 5.41 Å². The summed E-state index contributed by atoms with van der Waals surface area (Å²) in [7, 11) is -3.74. The van der Waals surface area contributed by atoms with Gasteiger partial charge in [-0.15, -0.1) is 0 Å². The van der Waals surface area contributed by atoms with Crippen molar-refractivity contribution < 1.29 is 22.8 Å². The Balaban J connectivity index is 1.78. The molecule has 0 spiro atoms. The van der Waals surface area contributed by atoms with E-state index in [1.807, 2.05) is 0 Å². The van der Waals surface area contributed by atoms with Gasteiger partial charge in [-0.25, -0.2) is 12.7 Å². The number of nitrogens with zero attached hydrogens (tertiary/aromatic N) is 1.